The highest BCUT2D eigenvalue weighted by Gasteiger charge is 2.49. The smallest absolute Gasteiger partial charge is 0.0499 e. The third kappa shape index (κ3) is 2.91. The average Bonchev–Trinajstić information content (AvgIpc) is 2.90. The lowest BCUT2D eigenvalue weighted by Crippen LogP contribution is -2.60. The van der Waals surface area contributed by atoms with E-state index in [2.05, 4.69) is 57.0 Å². The van der Waals surface area contributed by atoms with Crippen molar-refractivity contribution in [2.75, 3.05) is 26.7 Å². The molecule has 2 atom stereocenters. The molecule has 3 nitrogen and oxygen atoms in total. The summed E-state index contributed by atoms with van der Waals surface area (Å²) in [5.74, 6) is 0. The molecule has 2 unspecified atom stereocenters. The summed E-state index contributed by atoms with van der Waals surface area (Å²) < 4.78 is 1.14. The first-order valence-corrected chi connectivity index (χ1v) is 8.85. The molecule has 4 heteroatoms. The third-order valence-electron chi connectivity index (χ3n) is 5.51. The van der Waals surface area contributed by atoms with Crippen LogP contribution in [0.3, 0.4) is 0 Å². The number of likely N-dealkylation sites (N-methyl/N-ethyl adjacent to an activating group) is 1. The maximum Gasteiger partial charge on any atom is 0.0499 e. The van der Waals surface area contributed by atoms with E-state index in [0.717, 1.165) is 17.6 Å². The molecule has 2 heterocycles. The van der Waals surface area contributed by atoms with Crippen LogP contribution >= 0.6 is 15.9 Å². The van der Waals surface area contributed by atoms with Gasteiger partial charge >= 0.3 is 0 Å². The number of halogens is 1. The molecule has 0 saturated carbocycles. The van der Waals surface area contributed by atoms with E-state index in [1.54, 1.807) is 0 Å². The molecule has 2 fully saturated rings. The van der Waals surface area contributed by atoms with E-state index in [-0.39, 0.29) is 5.54 Å². The summed E-state index contributed by atoms with van der Waals surface area (Å²) in [7, 11) is 2.26. The minimum Gasteiger partial charge on any atom is -0.329 e. The second-order valence-corrected chi connectivity index (χ2v) is 7.50. The molecule has 2 saturated heterocycles. The number of nitrogens with zero attached hydrogens (tertiary/aromatic N) is 2. The molecule has 2 aliphatic heterocycles. The molecule has 0 radical (unpaired) electrons. The van der Waals surface area contributed by atoms with Crippen LogP contribution in [0.2, 0.25) is 0 Å². The third-order valence-corrected chi connectivity index (χ3v) is 6.04. The molecule has 1 aromatic carbocycles. The van der Waals surface area contributed by atoms with Crippen LogP contribution in [0.25, 0.3) is 0 Å². The Kier molecular flexibility index (Phi) is 4.69. The Morgan fingerprint density at radius 2 is 2.05 bits per heavy atom. The number of piperidine rings is 1. The van der Waals surface area contributed by atoms with E-state index in [4.69, 9.17) is 5.73 Å². The predicted molar refractivity (Wildman–Crippen MR) is 91.2 cm³/mol. The van der Waals surface area contributed by atoms with Crippen molar-refractivity contribution < 1.29 is 0 Å². The SMILES string of the molecule is CN(Cc1ccc(Br)cc1)C1(CN)CCN2CCCCC21. The fraction of sp³-hybridized carbons (Fsp3) is 0.647. The summed E-state index contributed by atoms with van der Waals surface area (Å²) >= 11 is 3.51. The van der Waals surface area contributed by atoms with Crippen molar-refractivity contribution >= 4 is 15.9 Å². The van der Waals surface area contributed by atoms with E-state index in [0.29, 0.717) is 6.04 Å². The number of nitrogens with two attached hydrogens (primary N) is 1. The topological polar surface area (TPSA) is 32.5 Å². The van der Waals surface area contributed by atoms with Crippen molar-refractivity contribution in [2.45, 2.75) is 43.8 Å². The molecule has 21 heavy (non-hydrogen) atoms. The van der Waals surface area contributed by atoms with Gasteiger partial charge in [0.25, 0.3) is 0 Å². The highest BCUT2D eigenvalue weighted by molar-refractivity contribution is 9.10. The molecule has 0 aromatic heterocycles. The van der Waals surface area contributed by atoms with Crippen molar-refractivity contribution in [2.24, 2.45) is 5.73 Å². The van der Waals surface area contributed by atoms with Crippen LogP contribution < -0.4 is 5.73 Å². The summed E-state index contributed by atoms with van der Waals surface area (Å²) in [6, 6.07) is 9.31. The molecule has 0 aliphatic carbocycles. The minimum atomic E-state index is 0.160. The number of benzene rings is 1. The summed E-state index contributed by atoms with van der Waals surface area (Å²) in [5, 5.41) is 0. The van der Waals surface area contributed by atoms with Gasteiger partial charge in [-0.05, 0) is 50.6 Å². The van der Waals surface area contributed by atoms with Crippen molar-refractivity contribution in [3.8, 4) is 0 Å². The van der Waals surface area contributed by atoms with Crippen molar-refractivity contribution in [3.63, 3.8) is 0 Å². The lowest BCUT2D eigenvalue weighted by Gasteiger charge is -2.46. The molecule has 3 rings (SSSR count). The lowest BCUT2D eigenvalue weighted by atomic mass is 9.84. The standard InChI is InChI=1S/C17H26BrN3/c1-20(12-14-5-7-15(18)8-6-14)17(13-19)9-11-21-10-3-2-4-16(17)21/h5-8,16H,2-4,9-13,19H2,1H3. The Morgan fingerprint density at radius 3 is 2.76 bits per heavy atom. The number of hydrogen-bond acceptors (Lipinski definition) is 3. The molecule has 1 aromatic rings. The van der Waals surface area contributed by atoms with Gasteiger partial charge in [0.15, 0.2) is 0 Å². The number of rotatable bonds is 4. The molecular weight excluding hydrogens is 326 g/mol. The fourth-order valence-corrected chi connectivity index (χ4v) is 4.50. The quantitative estimate of drug-likeness (QED) is 0.905. The van der Waals surface area contributed by atoms with Gasteiger partial charge in [0, 0.05) is 35.7 Å². The second-order valence-electron chi connectivity index (χ2n) is 6.59. The van der Waals surface area contributed by atoms with Crippen LogP contribution in [-0.2, 0) is 6.54 Å². The maximum absolute atomic E-state index is 6.28. The predicted octanol–water partition coefficient (Wildman–Crippen LogP) is 2.84. The first kappa shape index (κ1) is 15.5. The maximum atomic E-state index is 6.28. The largest absolute Gasteiger partial charge is 0.329 e. The Labute approximate surface area is 136 Å². The summed E-state index contributed by atoms with van der Waals surface area (Å²) in [6.45, 7) is 4.22. The highest BCUT2D eigenvalue weighted by atomic mass is 79.9. The van der Waals surface area contributed by atoms with Crippen molar-refractivity contribution in [1.82, 2.24) is 9.80 Å². The average molecular weight is 352 g/mol. The monoisotopic (exact) mass is 351 g/mol. The van der Waals surface area contributed by atoms with Gasteiger partial charge in [-0.3, -0.25) is 9.80 Å². The Morgan fingerprint density at radius 1 is 1.29 bits per heavy atom. The molecule has 116 valence electrons. The van der Waals surface area contributed by atoms with Crippen LogP contribution in [0.1, 0.15) is 31.2 Å². The van der Waals surface area contributed by atoms with E-state index < -0.39 is 0 Å². The molecule has 0 bridgehead atoms. The molecular formula is C17H26BrN3. The van der Waals surface area contributed by atoms with Crippen molar-refractivity contribution in [1.29, 1.82) is 0 Å². The van der Waals surface area contributed by atoms with Gasteiger partial charge in [-0.15, -0.1) is 0 Å². The summed E-state index contributed by atoms with van der Waals surface area (Å²) in [6.07, 6.45) is 5.23. The van der Waals surface area contributed by atoms with Gasteiger partial charge in [0.1, 0.15) is 0 Å². The van der Waals surface area contributed by atoms with Crippen LogP contribution in [0.5, 0.6) is 0 Å². The first-order valence-electron chi connectivity index (χ1n) is 8.05. The van der Waals surface area contributed by atoms with Gasteiger partial charge in [-0.1, -0.05) is 34.5 Å². The zero-order valence-corrected chi connectivity index (χ0v) is 14.5. The van der Waals surface area contributed by atoms with E-state index in [1.807, 2.05) is 0 Å². The normalized spacial score (nSPS) is 29.8. The van der Waals surface area contributed by atoms with Crippen LogP contribution in [-0.4, -0.2) is 48.1 Å². The van der Waals surface area contributed by atoms with Crippen LogP contribution in [0, 0.1) is 0 Å². The van der Waals surface area contributed by atoms with Gasteiger partial charge in [-0.25, -0.2) is 0 Å². The Hall–Kier alpha value is -0.420. The molecule has 2 N–H and O–H groups in total. The number of hydrogen-bond donors (Lipinski definition) is 1. The zero-order chi connectivity index (χ0) is 14.9. The van der Waals surface area contributed by atoms with Gasteiger partial charge < -0.3 is 5.73 Å². The van der Waals surface area contributed by atoms with Gasteiger partial charge in [0.05, 0.1) is 0 Å². The zero-order valence-electron chi connectivity index (χ0n) is 12.9. The number of fused-ring (bicyclic) bond motifs is 1. The summed E-state index contributed by atoms with van der Waals surface area (Å²) in [4.78, 5) is 5.20. The van der Waals surface area contributed by atoms with Gasteiger partial charge in [-0.2, -0.15) is 0 Å². The van der Waals surface area contributed by atoms with Crippen molar-refractivity contribution in [3.05, 3.63) is 34.3 Å². The fourth-order valence-electron chi connectivity index (χ4n) is 4.23. The van der Waals surface area contributed by atoms with E-state index in [9.17, 15) is 0 Å². The molecule has 0 amide bonds. The van der Waals surface area contributed by atoms with Crippen LogP contribution in [0.15, 0.2) is 28.7 Å². The van der Waals surface area contributed by atoms with E-state index in [1.165, 1.54) is 44.3 Å². The Bertz CT molecular complexity index is 475. The molecule has 2 aliphatic rings. The summed E-state index contributed by atoms with van der Waals surface area (Å²) in [5.41, 5.74) is 7.80. The molecule has 0 spiro atoms. The second kappa shape index (κ2) is 6.37. The highest BCUT2D eigenvalue weighted by Crippen LogP contribution is 2.38. The van der Waals surface area contributed by atoms with Gasteiger partial charge in [0.2, 0.25) is 0 Å². The first-order chi connectivity index (χ1) is 10.2. The Balaban J connectivity index is 1.77. The van der Waals surface area contributed by atoms with Crippen LogP contribution in [0.4, 0.5) is 0 Å². The van der Waals surface area contributed by atoms with E-state index >= 15 is 0 Å². The minimum absolute atomic E-state index is 0.160. The lowest BCUT2D eigenvalue weighted by molar-refractivity contribution is 0.0512.